The molecule has 0 aliphatic rings. The Hall–Kier alpha value is -0.770. The summed E-state index contributed by atoms with van der Waals surface area (Å²) in [5, 5.41) is 0. The largest absolute Gasteiger partial charge is 0.370 e. The van der Waals surface area contributed by atoms with E-state index in [0.717, 1.165) is 13.1 Å². The molecule has 2 N–H and O–H groups in total. The fourth-order valence-electron chi connectivity index (χ4n) is 0.635. The molecule has 0 aliphatic carbocycles. The molecule has 4 heteroatoms. The summed E-state index contributed by atoms with van der Waals surface area (Å²) >= 11 is 0. The number of hydrogen-bond acceptors (Lipinski definition) is 2. The summed E-state index contributed by atoms with van der Waals surface area (Å²) in [6.07, 6.45) is 0. The van der Waals surface area contributed by atoms with Crippen LogP contribution in [-0.4, -0.2) is 57.0 Å². The van der Waals surface area contributed by atoms with Crippen LogP contribution in [0.3, 0.4) is 0 Å². The van der Waals surface area contributed by atoms with E-state index in [0.29, 0.717) is 5.96 Å². The molecule has 0 aromatic rings. The molecule has 0 aromatic carbocycles. The van der Waals surface area contributed by atoms with Gasteiger partial charge in [0.2, 0.25) is 0 Å². The molecule has 13 heavy (non-hydrogen) atoms. The Balaban J connectivity index is 0. The van der Waals surface area contributed by atoms with Gasteiger partial charge >= 0.3 is 0 Å². The smallest absolute Gasteiger partial charge is 0.190 e. The standard InChI is InChI=1S/C7H18N4.C2H6/c1-9-7(8)11(4)6-5-10(2)3;1-2/h5-6H2,1-4H3,(H2,8,9);1-2H3. The predicted molar refractivity (Wildman–Crippen MR) is 60.1 cm³/mol. The van der Waals surface area contributed by atoms with Crippen molar-refractivity contribution in [3.05, 3.63) is 0 Å². The van der Waals surface area contributed by atoms with Crippen molar-refractivity contribution in [1.29, 1.82) is 0 Å². The minimum absolute atomic E-state index is 0.590. The first-order valence-corrected chi connectivity index (χ1v) is 4.66. The van der Waals surface area contributed by atoms with Crippen LogP contribution in [-0.2, 0) is 0 Å². The van der Waals surface area contributed by atoms with E-state index in [-0.39, 0.29) is 0 Å². The van der Waals surface area contributed by atoms with Crippen molar-refractivity contribution in [2.75, 3.05) is 41.3 Å². The van der Waals surface area contributed by atoms with Crippen LogP contribution in [0, 0.1) is 0 Å². The highest BCUT2D eigenvalue weighted by atomic mass is 15.2. The van der Waals surface area contributed by atoms with Crippen LogP contribution in [0.1, 0.15) is 13.8 Å². The summed E-state index contributed by atoms with van der Waals surface area (Å²) < 4.78 is 0. The van der Waals surface area contributed by atoms with E-state index in [1.54, 1.807) is 7.05 Å². The summed E-state index contributed by atoms with van der Waals surface area (Å²) in [7, 11) is 7.70. The van der Waals surface area contributed by atoms with Gasteiger partial charge < -0.3 is 15.5 Å². The van der Waals surface area contributed by atoms with Gasteiger partial charge in [-0.05, 0) is 14.1 Å². The lowest BCUT2D eigenvalue weighted by Gasteiger charge is -2.19. The van der Waals surface area contributed by atoms with Crippen LogP contribution >= 0.6 is 0 Å². The van der Waals surface area contributed by atoms with E-state index < -0.39 is 0 Å². The van der Waals surface area contributed by atoms with E-state index in [1.165, 1.54) is 0 Å². The average molecular weight is 188 g/mol. The number of guanidine groups is 1. The van der Waals surface area contributed by atoms with Crippen molar-refractivity contribution in [2.24, 2.45) is 10.7 Å². The van der Waals surface area contributed by atoms with Crippen LogP contribution in [0.25, 0.3) is 0 Å². The van der Waals surface area contributed by atoms with Crippen LogP contribution in [0.4, 0.5) is 0 Å². The highest BCUT2D eigenvalue weighted by Crippen LogP contribution is 1.82. The normalized spacial score (nSPS) is 10.8. The van der Waals surface area contributed by atoms with E-state index >= 15 is 0 Å². The van der Waals surface area contributed by atoms with Gasteiger partial charge in [-0.25, -0.2) is 0 Å². The molecule has 0 spiro atoms. The Labute approximate surface area is 82.4 Å². The molecule has 0 radical (unpaired) electrons. The average Bonchev–Trinajstić information content (AvgIpc) is 2.16. The molecule has 0 bridgehead atoms. The number of aliphatic imine (C=N–C) groups is 1. The maximum absolute atomic E-state index is 5.56. The minimum atomic E-state index is 0.590. The number of nitrogens with two attached hydrogens (primary N) is 1. The molecule has 0 fully saturated rings. The highest BCUT2D eigenvalue weighted by molar-refractivity contribution is 5.77. The van der Waals surface area contributed by atoms with Crippen LogP contribution in [0.5, 0.6) is 0 Å². The molecular formula is C9H24N4. The monoisotopic (exact) mass is 188 g/mol. The van der Waals surface area contributed by atoms with Gasteiger partial charge in [-0.2, -0.15) is 0 Å². The SMILES string of the molecule is CC.CN=C(N)N(C)CCN(C)C. The lowest BCUT2D eigenvalue weighted by molar-refractivity contribution is 0.355. The van der Waals surface area contributed by atoms with Gasteiger partial charge in [0.15, 0.2) is 5.96 Å². The third kappa shape index (κ3) is 9.14. The van der Waals surface area contributed by atoms with Gasteiger partial charge in [-0.15, -0.1) is 0 Å². The van der Waals surface area contributed by atoms with Crippen molar-refractivity contribution in [1.82, 2.24) is 9.80 Å². The maximum Gasteiger partial charge on any atom is 0.190 e. The fourth-order valence-corrected chi connectivity index (χ4v) is 0.635. The topological polar surface area (TPSA) is 44.9 Å². The zero-order valence-electron chi connectivity index (χ0n) is 9.83. The van der Waals surface area contributed by atoms with E-state index in [2.05, 4.69) is 9.89 Å². The second-order valence-electron chi connectivity index (χ2n) is 2.81. The van der Waals surface area contributed by atoms with E-state index in [4.69, 9.17) is 5.73 Å². The van der Waals surface area contributed by atoms with E-state index in [9.17, 15) is 0 Å². The van der Waals surface area contributed by atoms with Crippen LogP contribution < -0.4 is 5.73 Å². The molecule has 4 nitrogen and oxygen atoms in total. The first kappa shape index (κ1) is 14.7. The number of likely N-dealkylation sites (N-methyl/N-ethyl adjacent to an activating group) is 2. The second kappa shape index (κ2) is 9.32. The maximum atomic E-state index is 5.56. The van der Waals surface area contributed by atoms with Gasteiger partial charge in [0.25, 0.3) is 0 Å². The molecule has 0 atom stereocenters. The van der Waals surface area contributed by atoms with Gasteiger partial charge in [0, 0.05) is 27.2 Å². The second-order valence-corrected chi connectivity index (χ2v) is 2.81. The molecule has 0 rings (SSSR count). The van der Waals surface area contributed by atoms with Crippen LogP contribution in [0.2, 0.25) is 0 Å². The zero-order valence-corrected chi connectivity index (χ0v) is 9.83. The fraction of sp³-hybridized carbons (Fsp3) is 0.889. The van der Waals surface area contributed by atoms with Crippen molar-refractivity contribution in [2.45, 2.75) is 13.8 Å². The minimum Gasteiger partial charge on any atom is -0.370 e. The molecule has 0 aliphatic heterocycles. The van der Waals surface area contributed by atoms with Crippen molar-refractivity contribution >= 4 is 5.96 Å². The molecule has 80 valence electrons. The quantitative estimate of drug-likeness (QED) is 0.516. The summed E-state index contributed by atoms with van der Waals surface area (Å²) in [4.78, 5) is 7.91. The molecular weight excluding hydrogens is 164 g/mol. The van der Waals surface area contributed by atoms with Crippen molar-refractivity contribution in [3.63, 3.8) is 0 Å². The Morgan fingerprint density at radius 1 is 1.15 bits per heavy atom. The summed E-state index contributed by atoms with van der Waals surface area (Å²) in [6.45, 7) is 5.91. The van der Waals surface area contributed by atoms with Gasteiger partial charge in [-0.3, -0.25) is 4.99 Å². The van der Waals surface area contributed by atoms with Gasteiger partial charge in [0.05, 0.1) is 0 Å². The Kier molecular flexibility index (Phi) is 10.6. The lowest BCUT2D eigenvalue weighted by Crippen LogP contribution is -2.38. The Morgan fingerprint density at radius 3 is 1.92 bits per heavy atom. The van der Waals surface area contributed by atoms with Gasteiger partial charge in [-0.1, -0.05) is 13.8 Å². The number of nitrogens with zero attached hydrogens (tertiary/aromatic N) is 3. The third-order valence-electron chi connectivity index (χ3n) is 1.50. The molecule has 0 heterocycles. The number of rotatable bonds is 3. The Morgan fingerprint density at radius 2 is 1.62 bits per heavy atom. The van der Waals surface area contributed by atoms with E-state index in [1.807, 2.05) is 39.9 Å². The molecule has 0 unspecified atom stereocenters. The van der Waals surface area contributed by atoms with Crippen LogP contribution in [0.15, 0.2) is 4.99 Å². The van der Waals surface area contributed by atoms with Gasteiger partial charge in [0.1, 0.15) is 0 Å². The summed E-state index contributed by atoms with van der Waals surface area (Å²) in [5.74, 6) is 0.590. The molecule has 0 saturated heterocycles. The van der Waals surface area contributed by atoms with Crippen molar-refractivity contribution in [3.8, 4) is 0 Å². The summed E-state index contributed by atoms with van der Waals surface area (Å²) in [6, 6.07) is 0. The first-order valence-electron chi connectivity index (χ1n) is 4.66. The lowest BCUT2D eigenvalue weighted by atomic mass is 10.5. The highest BCUT2D eigenvalue weighted by Gasteiger charge is 1.99. The predicted octanol–water partition coefficient (Wildman–Crippen LogP) is 0.451. The molecule has 0 aromatic heterocycles. The molecule has 0 saturated carbocycles. The molecule has 0 amide bonds. The number of hydrogen-bond donors (Lipinski definition) is 1. The zero-order chi connectivity index (χ0) is 10.9. The summed E-state index contributed by atoms with van der Waals surface area (Å²) in [5.41, 5.74) is 5.56. The third-order valence-corrected chi connectivity index (χ3v) is 1.50. The first-order chi connectivity index (χ1) is 6.07. The Bertz CT molecular complexity index is 132. The van der Waals surface area contributed by atoms with Crippen molar-refractivity contribution < 1.29 is 0 Å².